The van der Waals surface area contributed by atoms with Crippen molar-refractivity contribution in [3.63, 3.8) is 0 Å². The quantitative estimate of drug-likeness (QED) is 0.791. The first-order valence-corrected chi connectivity index (χ1v) is 5.79. The molecule has 2 heterocycles. The van der Waals surface area contributed by atoms with Crippen LogP contribution in [0, 0.1) is 0 Å². The summed E-state index contributed by atoms with van der Waals surface area (Å²) in [6.07, 6.45) is -4.95. The summed E-state index contributed by atoms with van der Waals surface area (Å²) < 4.78 is 33.4. The summed E-state index contributed by atoms with van der Waals surface area (Å²) >= 11 is 0. The molecule has 1 aromatic rings. The molecule has 3 atom stereocenters. The van der Waals surface area contributed by atoms with Crippen molar-refractivity contribution < 1.29 is 23.4 Å². The smallest absolute Gasteiger partial charge is 0.351 e. The number of hydrogen-bond acceptors (Lipinski definition) is 6. The molecule has 1 saturated heterocycles. The second-order valence-electron chi connectivity index (χ2n) is 4.59. The highest BCUT2D eigenvalue weighted by molar-refractivity contribution is 5.76. The summed E-state index contributed by atoms with van der Waals surface area (Å²) in [4.78, 5) is 25.9. The predicted octanol–water partition coefficient (Wildman–Crippen LogP) is -0.302. The van der Waals surface area contributed by atoms with Gasteiger partial charge >= 0.3 is 11.6 Å². The Labute approximate surface area is 112 Å². The molecular weight excluding hydrogens is 276 g/mol. The van der Waals surface area contributed by atoms with Gasteiger partial charge in [0.1, 0.15) is 17.7 Å². The molecule has 3 N–H and O–H groups in total. The van der Waals surface area contributed by atoms with Gasteiger partial charge < -0.3 is 15.6 Å². The summed E-state index contributed by atoms with van der Waals surface area (Å²) in [5.41, 5.74) is 4.24. The Hall–Kier alpha value is -1.87. The average Bonchev–Trinajstić information content (AvgIpc) is 2.53. The Morgan fingerprint density at radius 2 is 2.30 bits per heavy atom. The van der Waals surface area contributed by atoms with Crippen LogP contribution in [0.15, 0.2) is 17.1 Å². The summed E-state index contributed by atoms with van der Waals surface area (Å²) in [6, 6.07) is 1.16. The maximum absolute atomic E-state index is 14.0. The van der Waals surface area contributed by atoms with Crippen molar-refractivity contribution in [1.29, 1.82) is 0 Å². The topological polar surface area (TPSA) is 107 Å². The SMILES string of the molecule is CC(=O)CC1OC(n2ccc(N)nc2=O)C(F)(F)C1O. The van der Waals surface area contributed by atoms with Gasteiger partial charge in [0.25, 0.3) is 0 Å². The molecule has 2 rings (SSSR count). The number of carbonyl (C=O) groups excluding carboxylic acids is 1. The highest BCUT2D eigenvalue weighted by atomic mass is 19.3. The van der Waals surface area contributed by atoms with Crippen molar-refractivity contribution in [3.05, 3.63) is 22.7 Å². The number of carbonyl (C=O) groups is 1. The Kier molecular flexibility index (Phi) is 3.57. The minimum atomic E-state index is -3.72. The normalized spacial score (nSPS) is 28.5. The number of ether oxygens (including phenoxy) is 1. The van der Waals surface area contributed by atoms with E-state index in [1.165, 1.54) is 6.92 Å². The lowest BCUT2D eigenvalue weighted by atomic mass is 10.1. The van der Waals surface area contributed by atoms with E-state index < -0.39 is 35.8 Å². The number of aromatic nitrogens is 2. The van der Waals surface area contributed by atoms with Crippen molar-refractivity contribution in [3.8, 4) is 0 Å². The lowest BCUT2D eigenvalue weighted by Crippen LogP contribution is -2.41. The third-order valence-corrected chi connectivity index (χ3v) is 2.97. The third kappa shape index (κ3) is 2.41. The van der Waals surface area contributed by atoms with E-state index in [0.29, 0.717) is 4.57 Å². The molecular formula is C11H13F2N3O4. The van der Waals surface area contributed by atoms with Gasteiger partial charge in [0.2, 0.25) is 6.23 Å². The average molecular weight is 289 g/mol. The van der Waals surface area contributed by atoms with E-state index in [0.717, 1.165) is 12.3 Å². The summed E-state index contributed by atoms with van der Waals surface area (Å²) in [5.74, 6) is -4.25. The molecule has 3 unspecified atom stereocenters. The van der Waals surface area contributed by atoms with Crippen molar-refractivity contribution in [1.82, 2.24) is 9.55 Å². The third-order valence-electron chi connectivity index (χ3n) is 2.97. The van der Waals surface area contributed by atoms with Crippen molar-refractivity contribution in [2.75, 3.05) is 5.73 Å². The number of Topliss-reactive ketones (excluding diaryl/α,β-unsaturated/α-hetero) is 1. The van der Waals surface area contributed by atoms with E-state index in [4.69, 9.17) is 10.5 Å². The highest BCUT2D eigenvalue weighted by Crippen LogP contribution is 2.43. The molecule has 0 spiro atoms. The van der Waals surface area contributed by atoms with Crippen LogP contribution in [0.1, 0.15) is 19.6 Å². The largest absolute Gasteiger partial charge is 0.384 e. The first-order chi connectivity index (χ1) is 9.23. The minimum absolute atomic E-state index is 0.117. The number of anilines is 1. The van der Waals surface area contributed by atoms with Gasteiger partial charge in [-0.3, -0.25) is 9.36 Å². The zero-order valence-electron chi connectivity index (χ0n) is 10.5. The summed E-state index contributed by atoms with van der Waals surface area (Å²) in [5, 5.41) is 9.56. The number of nitrogens with two attached hydrogens (primary N) is 1. The van der Waals surface area contributed by atoms with Crippen LogP contribution in [0.4, 0.5) is 14.6 Å². The van der Waals surface area contributed by atoms with Crippen molar-refractivity contribution >= 4 is 11.6 Å². The van der Waals surface area contributed by atoms with Crippen LogP contribution in [-0.2, 0) is 9.53 Å². The van der Waals surface area contributed by atoms with Gasteiger partial charge in [-0.25, -0.2) is 4.79 Å². The Morgan fingerprint density at radius 1 is 1.65 bits per heavy atom. The van der Waals surface area contributed by atoms with Crippen LogP contribution in [-0.4, -0.2) is 38.6 Å². The molecule has 20 heavy (non-hydrogen) atoms. The number of nitrogens with zero attached hydrogens (tertiary/aromatic N) is 2. The Morgan fingerprint density at radius 3 is 2.85 bits per heavy atom. The molecule has 0 saturated carbocycles. The lowest BCUT2D eigenvalue weighted by molar-refractivity contribution is -0.141. The molecule has 1 fully saturated rings. The first kappa shape index (κ1) is 14.5. The molecule has 9 heteroatoms. The molecule has 1 aromatic heterocycles. The van der Waals surface area contributed by atoms with E-state index in [9.17, 15) is 23.5 Å². The van der Waals surface area contributed by atoms with Crippen LogP contribution >= 0.6 is 0 Å². The number of aliphatic hydroxyl groups excluding tert-OH is 1. The number of nitrogen functional groups attached to an aromatic ring is 1. The van der Waals surface area contributed by atoms with Crippen LogP contribution < -0.4 is 11.4 Å². The van der Waals surface area contributed by atoms with E-state index >= 15 is 0 Å². The predicted molar refractivity (Wildman–Crippen MR) is 63.1 cm³/mol. The van der Waals surface area contributed by atoms with Gasteiger partial charge in [0.15, 0.2) is 0 Å². The van der Waals surface area contributed by atoms with Gasteiger partial charge in [0.05, 0.1) is 6.10 Å². The molecule has 7 nitrogen and oxygen atoms in total. The fourth-order valence-corrected chi connectivity index (χ4v) is 2.02. The minimum Gasteiger partial charge on any atom is -0.384 e. The van der Waals surface area contributed by atoms with Gasteiger partial charge in [0, 0.05) is 12.6 Å². The number of alkyl halides is 2. The maximum Gasteiger partial charge on any atom is 0.351 e. The molecule has 1 aliphatic rings. The molecule has 0 aliphatic carbocycles. The Balaban J connectivity index is 2.36. The molecule has 110 valence electrons. The Bertz CT molecular complexity index is 589. The summed E-state index contributed by atoms with van der Waals surface area (Å²) in [7, 11) is 0. The molecule has 0 aromatic carbocycles. The molecule has 0 radical (unpaired) electrons. The molecule has 0 amide bonds. The number of ketones is 1. The van der Waals surface area contributed by atoms with E-state index in [1.54, 1.807) is 0 Å². The second kappa shape index (κ2) is 4.91. The lowest BCUT2D eigenvalue weighted by Gasteiger charge is -2.20. The molecule has 1 aliphatic heterocycles. The van der Waals surface area contributed by atoms with Gasteiger partial charge in [-0.05, 0) is 13.0 Å². The fourth-order valence-electron chi connectivity index (χ4n) is 2.02. The number of aliphatic hydroxyl groups is 1. The van der Waals surface area contributed by atoms with Gasteiger partial charge in [-0.15, -0.1) is 0 Å². The van der Waals surface area contributed by atoms with E-state index in [1.807, 2.05) is 0 Å². The standard InChI is InChI=1S/C11H13F2N3O4/c1-5(17)4-6-8(18)11(12,13)9(20-6)16-3-2-7(14)15-10(16)19/h2-3,6,8-9,18H,4H2,1H3,(H2,14,15,19). The number of halogens is 2. The van der Waals surface area contributed by atoms with E-state index in [-0.39, 0.29) is 12.2 Å². The highest BCUT2D eigenvalue weighted by Gasteiger charge is 2.59. The monoisotopic (exact) mass is 289 g/mol. The number of hydrogen-bond donors (Lipinski definition) is 2. The fraction of sp³-hybridized carbons (Fsp3) is 0.545. The van der Waals surface area contributed by atoms with Crippen LogP contribution in [0.25, 0.3) is 0 Å². The van der Waals surface area contributed by atoms with Crippen molar-refractivity contribution in [2.24, 2.45) is 0 Å². The zero-order valence-corrected chi connectivity index (χ0v) is 10.5. The zero-order chi connectivity index (χ0) is 15.1. The molecule has 0 bridgehead atoms. The van der Waals surface area contributed by atoms with Crippen molar-refractivity contribution in [2.45, 2.75) is 37.7 Å². The summed E-state index contributed by atoms with van der Waals surface area (Å²) in [6.45, 7) is 1.19. The second-order valence-corrected chi connectivity index (χ2v) is 4.59. The number of rotatable bonds is 3. The van der Waals surface area contributed by atoms with Gasteiger partial charge in [-0.2, -0.15) is 13.8 Å². The van der Waals surface area contributed by atoms with Gasteiger partial charge in [-0.1, -0.05) is 0 Å². The first-order valence-electron chi connectivity index (χ1n) is 5.79. The maximum atomic E-state index is 14.0. The van der Waals surface area contributed by atoms with Crippen LogP contribution in [0.5, 0.6) is 0 Å². The van der Waals surface area contributed by atoms with E-state index in [2.05, 4.69) is 4.98 Å². The van der Waals surface area contributed by atoms with Crippen LogP contribution in [0.2, 0.25) is 0 Å². The van der Waals surface area contributed by atoms with Crippen LogP contribution in [0.3, 0.4) is 0 Å².